The monoisotopic (exact) mass is 738 g/mol. The molecule has 0 N–H and O–H groups in total. The molecular formula is C52H31BN2OSi. The van der Waals surface area contributed by atoms with Crippen LogP contribution in [0.5, 0.6) is 0 Å². The first-order valence-corrected chi connectivity index (χ1v) is 21.9. The first kappa shape index (κ1) is 30.2. The summed E-state index contributed by atoms with van der Waals surface area (Å²) >= 11 is 0. The second-order valence-corrected chi connectivity index (χ2v) is 19.6. The third-order valence-electron chi connectivity index (χ3n) is 13.4. The summed E-state index contributed by atoms with van der Waals surface area (Å²) in [6.07, 6.45) is 0. The Labute approximate surface area is 329 Å². The molecule has 57 heavy (non-hydrogen) atoms. The lowest BCUT2D eigenvalue weighted by Gasteiger charge is -2.49. The van der Waals surface area contributed by atoms with Crippen LogP contribution in [0.25, 0.3) is 65.6 Å². The van der Waals surface area contributed by atoms with Crippen molar-refractivity contribution in [3.05, 3.63) is 188 Å². The highest BCUT2D eigenvalue weighted by Gasteiger charge is 2.54. The number of nitrogens with zero attached hydrogens (tertiary/aromatic N) is 2. The Kier molecular flexibility index (Phi) is 5.62. The number of hydrogen-bond acceptors (Lipinski definition) is 2. The van der Waals surface area contributed by atoms with Gasteiger partial charge in [0.1, 0.15) is 5.58 Å². The average Bonchev–Trinajstić information content (AvgIpc) is 3.83. The number of hydrogen-bond donors (Lipinski definition) is 0. The average molecular weight is 739 g/mol. The molecule has 14 rings (SSSR count). The van der Waals surface area contributed by atoms with Gasteiger partial charge >= 0.3 is 6.85 Å². The SMILES string of the molecule is c1ccc([Si]2(c3ccccc3)c3ccccc3N3c4c(cccc42)B2c4c(cc5c(oc6ccccc65)c43)-c3cccc4c5ccc6ccccc6c5n2c34)cc1. The fraction of sp³-hybridized carbons (Fsp3) is 0. The van der Waals surface area contributed by atoms with Crippen molar-refractivity contribution in [1.82, 2.24) is 4.48 Å². The predicted octanol–water partition coefficient (Wildman–Crippen LogP) is 8.96. The number of benzene rings is 9. The molecule has 3 aliphatic rings. The van der Waals surface area contributed by atoms with Crippen LogP contribution < -0.4 is 36.6 Å². The van der Waals surface area contributed by atoms with Crippen LogP contribution in [-0.4, -0.2) is 19.4 Å². The molecule has 5 heteroatoms. The highest BCUT2D eigenvalue weighted by Crippen LogP contribution is 2.50. The number of para-hydroxylation sites is 4. The van der Waals surface area contributed by atoms with Crippen LogP contribution in [0, 0.1) is 0 Å². The maximum Gasteiger partial charge on any atom is 0.333 e. The van der Waals surface area contributed by atoms with E-state index < -0.39 is 8.07 Å². The molecule has 3 nitrogen and oxygen atoms in total. The van der Waals surface area contributed by atoms with Gasteiger partial charge in [-0.05, 0) is 60.8 Å². The first-order chi connectivity index (χ1) is 28.3. The molecule has 0 fully saturated rings. The number of aromatic nitrogens is 1. The smallest absolute Gasteiger partial charge is 0.333 e. The van der Waals surface area contributed by atoms with Crippen LogP contribution in [-0.2, 0) is 0 Å². The molecule has 262 valence electrons. The maximum absolute atomic E-state index is 7.13. The lowest BCUT2D eigenvalue weighted by molar-refractivity contribution is 0.669. The highest BCUT2D eigenvalue weighted by atomic mass is 28.3. The molecule has 11 aromatic rings. The summed E-state index contributed by atoms with van der Waals surface area (Å²) in [5, 5.41) is 13.0. The molecule has 0 atom stereocenters. The van der Waals surface area contributed by atoms with Crippen molar-refractivity contribution >= 4 is 118 Å². The van der Waals surface area contributed by atoms with Crippen LogP contribution in [0.4, 0.5) is 17.1 Å². The molecule has 3 aliphatic heterocycles. The van der Waals surface area contributed by atoms with Crippen LogP contribution in [0.15, 0.2) is 192 Å². The van der Waals surface area contributed by atoms with Crippen molar-refractivity contribution in [3.8, 4) is 11.1 Å². The molecule has 0 aliphatic carbocycles. The van der Waals surface area contributed by atoms with Crippen LogP contribution in [0.2, 0.25) is 0 Å². The van der Waals surface area contributed by atoms with Gasteiger partial charge in [0.2, 0.25) is 0 Å². The summed E-state index contributed by atoms with van der Waals surface area (Å²) in [5.41, 5.74) is 13.3. The Morgan fingerprint density at radius 2 is 1.12 bits per heavy atom. The maximum atomic E-state index is 7.13. The van der Waals surface area contributed by atoms with E-state index in [1.54, 1.807) is 0 Å². The van der Waals surface area contributed by atoms with Crippen molar-refractivity contribution in [2.24, 2.45) is 0 Å². The molecule has 9 aromatic carbocycles. The minimum Gasteiger partial charge on any atom is -0.454 e. The van der Waals surface area contributed by atoms with Crippen molar-refractivity contribution in [2.75, 3.05) is 4.90 Å². The molecule has 0 spiro atoms. The number of anilines is 3. The molecule has 2 aromatic heterocycles. The van der Waals surface area contributed by atoms with Gasteiger partial charge in [0, 0.05) is 54.9 Å². The zero-order chi connectivity index (χ0) is 37.0. The third kappa shape index (κ3) is 3.52. The zero-order valence-electron chi connectivity index (χ0n) is 30.8. The van der Waals surface area contributed by atoms with E-state index in [0.29, 0.717) is 0 Å². The fourth-order valence-electron chi connectivity index (χ4n) is 11.3. The van der Waals surface area contributed by atoms with Gasteiger partial charge in [0.25, 0.3) is 0 Å². The summed E-state index contributed by atoms with van der Waals surface area (Å²) in [6.45, 7) is -0.0944. The summed E-state index contributed by atoms with van der Waals surface area (Å²) in [7, 11) is -2.89. The first-order valence-electron chi connectivity index (χ1n) is 19.9. The van der Waals surface area contributed by atoms with E-state index in [-0.39, 0.29) is 6.85 Å². The lowest BCUT2D eigenvalue weighted by atomic mass is 9.45. The van der Waals surface area contributed by atoms with Gasteiger partial charge in [-0.2, -0.15) is 0 Å². The molecular weight excluding hydrogens is 707 g/mol. The van der Waals surface area contributed by atoms with Crippen molar-refractivity contribution in [2.45, 2.75) is 0 Å². The van der Waals surface area contributed by atoms with E-state index in [9.17, 15) is 0 Å². The Bertz CT molecular complexity index is 3510. The van der Waals surface area contributed by atoms with E-state index in [4.69, 9.17) is 4.42 Å². The van der Waals surface area contributed by atoms with E-state index in [1.807, 2.05) is 0 Å². The van der Waals surface area contributed by atoms with E-state index in [1.165, 1.54) is 86.8 Å². The Hall–Kier alpha value is -7.08. The van der Waals surface area contributed by atoms with Gasteiger partial charge in [0.05, 0.1) is 5.69 Å². The van der Waals surface area contributed by atoms with Gasteiger partial charge in [-0.3, -0.25) is 0 Å². The Morgan fingerprint density at radius 1 is 0.456 bits per heavy atom. The summed E-state index contributed by atoms with van der Waals surface area (Å²) in [4.78, 5) is 2.62. The van der Waals surface area contributed by atoms with Gasteiger partial charge < -0.3 is 13.8 Å². The van der Waals surface area contributed by atoms with Gasteiger partial charge in [-0.25, -0.2) is 0 Å². The van der Waals surface area contributed by atoms with Crippen LogP contribution in [0.1, 0.15) is 0 Å². The zero-order valence-corrected chi connectivity index (χ0v) is 31.8. The number of fused-ring (bicyclic) bond motifs is 15. The molecule has 0 bridgehead atoms. The van der Waals surface area contributed by atoms with Crippen molar-refractivity contribution < 1.29 is 4.42 Å². The predicted molar refractivity (Wildman–Crippen MR) is 242 cm³/mol. The lowest BCUT2D eigenvalue weighted by Crippen LogP contribution is -2.78. The largest absolute Gasteiger partial charge is 0.454 e. The van der Waals surface area contributed by atoms with Gasteiger partial charge in [-0.15, -0.1) is 0 Å². The molecule has 0 saturated carbocycles. The van der Waals surface area contributed by atoms with E-state index in [2.05, 4.69) is 197 Å². The minimum absolute atomic E-state index is 0.0944. The topological polar surface area (TPSA) is 21.3 Å². The second-order valence-electron chi connectivity index (χ2n) is 15.9. The third-order valence-corrected chi connectivity index (χ3v) is 18.2. The number of furan rings is 1. The minimum atomic E-state index is -2.89. The fourth-order valence-corrected chi connectivity index (χ4v) is 16.5. The molecule has 0 radical (unpaired) electrons. The molecule has 0 unspecified atom stereocenters. The van der Waals surface area contributed by atoms with Gasteiger partial charge in [0.15, 0.2) is 13.7 Å². The number of rotatable bonds is 2. The standard InChI is InChI=1S/C52H31BN2OSi/c1-3-16-33(17-4-1)57(34-18-5-2-6-19-34)45-27-12-10-25-43(45)54-50-42(24-14-28-46(50)57)53-47-40(31-41-36-21-9-11-26-44(36)56-52(41)51(47)54)38-23-13-22-37-39-30-29-32-15-7-8-20-35(32)48(39)55(53)49(37)38/h1-31H. The van der Waals surface area contributed by atoms with Crippen molar-refractivity contribution in [1.29, 1.82) is 0 Å². The Balaban J connectivity index is 1.24. The highest BCUT2D eigenvalue weighted by molar-refractivity contribution is 7.21. The normalized spacial score (nSPS) is 14.4. The molecule has 0 saturated heterocycles. The molecule has 5 heterocycles. The van der Waals surface area contributed by atoms with E-state index >= 15 is 0 Å². The summed E-state index contributed by atoms with van der Waals surface area (Å²) in [5.74, 6) is 0. The summed E-state index contributed by atoms with van der Waals surface area (Å²) < 4.78 is 9.84. The van der Waals surface area contributed by atoms with Crippen LogP contribution in [0.3, 0.4) is 0 Å². The van der Waals surface area contributed by atoms with E-state index in [0.717, 1.165) is 27.6 Å². The van der Waals surface area contributed by atoms with Gasteiger partial charge in [-0.1, -0.05) is 170 Å². The second kappa shape index (κ2) is 10.6. The molecule has 0 amide bonds. The Morgan fingerprint density at radius 3 is 1.96 bits per heavy atom. The summed E-state index contributed by atoms with van der Waals surface area (Å²) in [6, 6.07) is 70.7. The van der Waals surface area contributed by atoms with Crippen molar-refractivity contribution in [3.63, 3.8) is 0 Å². The quantitative estimate of drug-likeness (QED) is 0.165. The van der Waals surface area contributed by atoms with Crippen LogP contribution >= 0.6 is 0 Å².